The lowest BCUT2D eigenvalue weighted by atomic mass is 9.41. The number of hydrogen-bond acceptors (Lipinski definition) is 2. The number of allylic oxidation sites excluding steroid dienone is 5. The largest absolute Gasteiger partial charge is 0.389 e. The second-order valence-corrected chi connectivity index (χ2v) is 26.5. The van der Waals surface area contributed by atoms with Crippen LogP contribution in [0.15, 0.2) is 36.1 Å². The van der Waals surface area contributed by atoms with Gasteiger partial charge in [0.25, 0.3) is 0 Å². The van der Waals surface area contributed by atoms with Crippen molar-refractivity contribution in [3.8, 4) is 0 Å². The molecule has 0 aromatic carbocycles. The minimum atomic E-state index is 0.425. The van der Waals surface area contributed by atoms with E-state index in [9.17, 15) is 0 Å². The van der Waals surface area contributed by atoms with Crippen LogP contribution in [0.3, 0.4) is 0 Å². The van der Waals surface area contributed by atoms with Crippen molar-refractivity contribution in [2.45, 2.75) is 293 Å². The van der Waals surface area contributed by atoms with E-state index in [0.717, 1.165) is 53.9 Å². The third-order valence-corrected chi connectivity index (χ3v) is 20.6. The number of likely N-dealkylation sites (tertiary alicyclic amines) is 1. The maximum absolute atomic E-state index is 4.61. The molecule has 0 amide bonds. The standard InChI is InChI=1S/C66H120N2/c1-10-12-13-14-15-16-17-18-19-20-21-22-23-24-25-26-27-30-37-57(53-68-49-34-36-55(5)52-68)38-31-28-29-32-48-67-56(6)50-58-42-45-64(7)60(51-58)43-46-66(9)62-41-40-61(65(62,8)47-44-63(64)66)59(11-2)39-33-35-54(3)4/h18-19,43,54-55,57-59,61-63,67H,6,10-17,20-42,44-53H2,1-5,7-9H3/b19-18-/t55?,57?,58?,59?,61?,62?,63-,64?,65?,66?/m1/s1. The smallest absolute Gasteiger partial charge is 0.0143 e. The molecule has 10 atom stereocenters. The average molecular weight is 942 g/mol. The molecule has 0 spiro atoms. The van der Waals surface area contributed by atoms with Crippen LogP contribution in [0.4, 0.5) is 0 Å². The van der Waals surface area contributed by atoms with E-state index in [1.54, 1.807) is 0 Å². The molecule has 0 bridgehead atoms. The van der Waals surface area contributed by atoms with E-state index in [4.69, 9.17) is 0 Å². The Labute approximate surface area is 427 Å². The summed E-state index contributed by atoms with van der Waals surface area (Å²) in [5.74, 6) is 7.13. The normalized spacial score (nSPS) is 30.5. The van der Waals surface area contributed by atoms with Crippen molar-refractivity contribution < 1.29 is 0 Å². The van der Waals surface area contributed by atoms with E-state index < -0.39 is 0 Å². The first kappa shape index (κ1) is 57.9. The summed E-state index contributed by atoms with van der Waals surface area (Å²) in [6.45, 7) is 30.2. The van der Waals surface area contributed by atoms with Gasteiger partial charge in [-0.25, -0.2) is 0 Å². The molecule has 1 N–H and O–H groups in total. The predicted molar refractivity (Wildman–Crippen MR) is 302 cm³/mol. The monoisotopic (exact) mass is 941 g/mol. The fourth-order valence-corrected chi connectivity index (χ4v) is 16.6. The summed E-state index contributed by atoms with van der Waals surface area (Å²) in [5, 5.41) is 3.84. The van der Waals surface area contributed by atoms with Crippen molar-refractivity contribution in [1.29, 1.82) is 0 Å². The highest BCUT2D eigenvalue weighted by atomic mass is 15.1. The van der Waals surface area contributed by atoms with Crippen LogP contribution < -0.4 is 5.32 Å². The second kappa shape index (κ2) is 30.9. The van der Waals surface area contributed by atoms with Gasteiger partial charge in [-0.3, -0.25) is 0 Å². The summed E-state index contributed by atoms with van der Waals surface area (Å²) >= 11 is 0. The second-order valence-electron chi connectivity index (χ2n) is 26.5. The summed E-state index contributed by atoms with van der Waals surface area (Å²) in [4.78, 5) is 2.85. The lowest BCUT2D eigenvalue weighted by molar-refractivity contribution is -0.112. The first-order valence-corrected chi connectivity index (χ1v) is 31.4. The number of nitrogens with zero attached hydrogens (tertiary/aromatic N) is 1. The van der Waals surface area contributed by atoms with E-state index in [0.29, 0.717) is 16.2 Å². The number of nitrogens with one attached hydrogen (secondary N) is 1. The molecule has 2 heteroatoms. The minimum absolute atomic E-state index is 0.425. The van der Waals surface area contributed by atoms with Crippen molar-refractivity contribution >= 4 is 0 Å². The van der Waals surface area contributed by atoms with Crippen LogP contribution in [0.25, 0.3) is 0 Å². The summed E-state index contributed by atoms with van der Waals surface area (Å²) in [5.41, 5.74) is 4.65. The van der Waals surface area contributed by atoms with Crippen molar-refractivity contribution in [2.75, 3.05) is 26.2 Å². The number of piperidine rings is 1. The maximum atomic E-state index is 4.61. The maximum Gasteiger partial charge on any atom is 0.0143 e. The molecule has 9 unspecified atom stereocenters. The molecule has 0 aromatic heterocycles. The van der Waals surface area contributed by atoms with Crippen LogP contribution in [0.5, 0.6) is 0 Å². The van der Waals surface area contributed by atoms with Crippen LogP contribution in [-0.2, 0) is 0 Å². The molecule has 1 saturated heterocycles. The fraction of sp³-hybridized carbons (Fsp3) is 0.909. The van der Waals surface area contributed by atoms with Crippen LogP contribution in [-0.4, -0.2) is 31.1 Å². The highest BCUT2D eigenvalue weighted by Gasteiger charge is 2.64. The van der Waals surface area contributed by atoms with Crippen molar-refractivity contribution in [3.63, 3.8) is 0 Å². The molecule has 1 heterocycles. The summed E-state index contributed by atoms with van der Waals surface area (Å²) in [7, 11) is 0. The zero-order chi connectivity index (χ0) is 48.7. The number of rotatable bonds is 36. The molecule has 1 aliphatic heterocycles. The van der Waals surface area contributed by atoms with Crippen LogP contribution in [0.2, 0.25) is 0 Å². The number of unbranched alkanes of at least 4 members (excludes halogenated alkanes) is 17. The zero-order valence-corrected chi connectivity index (χ0v) is 47.5. The van der Waals surface area contributed by atoms with Crippen LogP contribution >= 0.6 is 0 Å². The van der Waals surface area contributed by atoms with Gasteiger partial charge in [-0.05, 0) is 186 Å². The Morgan fingerprint density at radius 3 is 2.00 bits per heavy atom. The summed E-state index contributed by atoms with van der Waals surface area (Å²) in [6, 6.07) is 0. The molecular formula is C66H120N2. The molecule has 0 aromatic rings. The van der Waals surface area contributed by atoms with Gasteiger partial charge in [0.2, 0.25) is 0 Å². The molecule has 5 aliphatic rings. The molecular weight excluding hydrogens is 821 g/mol. The first-order chi connectivity index (χ1) is 32.9. The molecule has 0 radical (unpaired) electrons. The van der Waals surface area contributed by atoms with Gasteiger partial charge in [0.15, 0.2) is 0 Å². The molecule has 4 fully saturated rings. The molecule has 3 saturated carbocycles. The zero-order valence-electron chi connectivity index (χ0n) is 47.5. The van der Waals surface area contributed by atoms with E-state index in [1.807, 2.05) is 5.57 Å². The van der Waals surface area contributed by atoms with Gasteiger partial charge in [-0.15, -0.1) is 0 Å². The Morgan fingerprint density at radius 1 is 0.706 bits per heavy atom. The minimum Gasteiger partial charge on any atom is -0.389 e. The SMILES string of the molecule is C=C(CC1CCC2(C)C(=CCC3(C)C4CCC(C(CC)CCCC(C)C)C4(C)CC[C@H]23)C1)NCCCCCCC(CCCCCCCCCC/C=C\CCCCCCCC)CN1CCCC(C)C1. The predicted octanol–water partition coefficient (Wildman–Crippen LogP) is 20.4. The summed E-state index contributed by atoms with van der Waals surface area (Å²) < 4.78 is 0. The van der Waals surface area contributed by atoms with Gasteiger partial charge in [0, 0.05) is 25.3 Å². The van der Waals surface area contributed by atoms with Crippen molar-refractivity contribution in [3.05, 3.63) is 36.1 Å². The lowest BCUT2D eigenvalue weighted by Gasteiger charge is -2.64. The van der Waals surface area contributed by atoms with E-state index in [-0.39, 0.29) is 0 Å². The van der Waals surface area contributed by atoms with Crippen molar-refractivity contribution in [2.24, 2.45) is 63.6 Å². The molecule has 2 nitrogen and oxygen atoms in total. The average Bonchev–Trinajstić information content (AvgIpc) is 3.67. The molecule has 394 valence electrons. The highest BCUT2D eigenvalue weighted by Crippen LogP contribution is 2.72. The van der Waals surface area contributed by atoms with E-state index in [2.05, 4.69) is 90.4 Å². The Kier molecular flexibility index (Phi) is 26.3. The Balaban J connectivity index is 0.932. The quantitative estimate of drug-likeness (QED) is 0.0497. The third kappa shape index (κ3) is 17.9. The van der Waals surface area contributed by atoms with E-state index >= 15 is 0 Å². The number of hydrogen-bond donors (Lipinski definition) is 1. The Bertz CT molecular complexity index is 1420. The van der Waals surface area contributed by atoms with Crippen LogP contribution in [0.1, 0.15) is 293 Å². The molecule has 4 aliphatic carbocycles. The lowest BCUT2D eigenvalue weighted by Crippen LogP contribution is -2.56. The third-order valence-electron chi connectivity index (χ3n) is 20.6. The fourth-order valence-electron chi connectivity index (χ4n) is 16.6. The first-order valence-electron chi connectivity index (χ1n) is 31.4. The Morgan fingerprint density at radius 2 is 1.35 bits per heavy atom. The Hall–Kier alpha value is -1.02. The van der Waals surface area contributed by atoms with Gasteiger partial charge in [0.1, 0.15) is 0 Å². The molecule has 5 rings (SSSR count). The van der Waals surface area contributed by atoms with Gasteiger partial charge < -0.3 is 10.2 Å². The van der Waals surface area contributed by atoms with Gasteiger partial charge in [-0.2, -0.15) is 0 Å². The number of fused-ring (bicyclic) bond motifs is 5. The van der Waals surface area contributed by atoms with Gasteiger partial charge in [-0.1, -0.05) is 208 Å². The highest BCUT2D eigenvalue weighted by molar-refractivity contribution is 5.28. The summed E-state index contributed by atoms with van der Waals surface area (Å²) in [6.07, 6.45) is 60.1. The van der Waals surface area contributed by atoms with Gasteiger partial charge in [0.05, 0.1) is 0 Å². The van der Waals surface area contributed by atoms with Gasteiger partial charge >= 0.3 is 0 Å². The van der Waals surface area contributed by atoms with E-state index in [1.165, 1.54) is 263 Å². The molecule has 68 heavy (non-hydrogen) atoms. The topological polar surface area (TPSA) is 15.3 Å². The van der Waals surface area contributed by atoms with Crippen LogP contribution in [0, 0.1) is 63.6 Å². The van der Waals surface area contributed by atoms with Crippen molar-refractivity contribution in [1.82, 2.24) is 10.2 Å².